The zero-order valence-electron chi connectivity index (χ0n) is 14.6. The second-order valence-corrected chi connectivity index (χ2v) is 6.95. The Balaban J connectivity index is 1.63. The number of nitrogens with one attached hydrogen (secondary N) is 1. The molecular weight excluding hydrogens is 377 g/mol. The first-order chi connectivity index (χ1) is 12.8. The van der Waals surface area contributed by atoms with Crippen molar-refractivity contribution in [1.82, 2.24) is 15.4 Å². The van der Waals surface area contributed by atoms with Gasteiger partial charge in [0.1, 0.15) is 17.6 Å². The van der Waals surface area contributed by atoms with Crippen molar-refractivity contribution in [1.29, 1.82) is 0 Å². The molecule has 7 nitrogen and oxygen atoms in total. The first kappa shape index (κ1) is 19.3. The van der Waals surface area contributed by atoms with Crippen LogP contribution in [-0.2, 0) is 22.6 Å². The average Bonchev–Trinajstić information content (AvgIpc) is 3.19. The van der Waals surface area contributed by atoms with Crippen molar-refractivity contribution in [2.75, 3.05) is 6.54 Å². The molecule has 27 heavy (non-hydrogen) atoms. The molecular formula is C18H19ClFN3O4. The molecule has 1 aliphatic heterocycles. The topological polar surface area (TPSA) is 95.7 Å². The number of aryl methyl sites for hydroxylation is 1. The van der Waals surface area contributed by atoms with Crippen molar-refractivity contribution in [3.63, 3.8) is 0 Å². The van der Waals surface area contributed by atoms with Crippen molar-refractivity contribution in [3.05, 3.63) is 52.1 Å². The van der Waals surface area contributed by atoms with E-state index in [0.717, 1.165) is 6.07 Å². The minimum absolute atomic E-state index is 0.0439. The van der Waals surface area contributed by atoms with E-state index in [2.05, 4.69) is 10.5 Å². The molecule has 0 saturated carbocycles. The molecule has 1 saturated heterocycles. The molecule has 3 rings (SSSR count). The third-order valence-electron chi connectivity index (χ3n) is 4.37. The van der Waals surface area contributed by atoms with Crippen LogP contribution in [0.2, 0.25) is 5.02 Å². The summed E-state index contributed by atoms with van der Waals surface area (Å²) in [4.78, 5) is 26.4. The lowest BCUT2D eigenvalue weighted by atomic mass is 10.1. The van der Waals surface area contributed by atoms with Crippen LogP contribution in [0.1, 0.15) is 23.4 Å². The van der Waals surface area contributed by atoms with Gasteiger partial charge in [-0.25, -0.2) is 4.39 Å². The molecule has 1 aliphatic rings. The summed E-state index contributed by atoms with van der Waals surface area (Å²) >= 11 is 5.71. The predicted octanol–water partition coefficient (Wildman–Crippen LogP) is 1.60. The number of hydrogen-bond acceptors (Lipinski definition) is 5. The maximum absolute atomic E-state index is 13.8. The number of carbonyl (C=O) groups is 2. The first-order valence-electron chi connectivity index (χ1n) is 8.45. The monoisotopic (exact) mass is 395 g/mol. The van der Waals surface area contributed by atoms with Gasteiger partial charge in [-0.2, -0.15) is 0 Å². The Hall–Kier alpha value is -2.45. The van der Waals surface area contributed by atoms with Gasteiger partial charge < -0.3 is 19.8 Å². The van der Waals surface area contributed by atoms with Crippen LogP contribution in [0, 0.1) is 12.7 Å². The van der Waals surface area contributed by atoms with Gasteiger partial charge in [0.15, 0.2) is 0 Å². The van der Waals surface area contributed by atoms with Crippen LogP contribution in [0.3, 0.4) is 0 Å². The summed E-state index contributed by atoms with van der Waals surface area (Å²) in [7, 11) is 0. The second kappa shape index (κ2) is 8.06. The average molecular weight is 396 g/mol. The van der Waals surface area contributed by atoms with Gasteiger partial charge in [0, 0.05) is 36.2 Å². The molecule has 2 amide bonds. The first-order valence-corrected chi connectivity index (χ1v) is 8.82. The predicted molar refractivity (Wildman–Crippen MR) is 94.3 cm³/mol. The van der Waals surface area contributed by atoms with Gasteiger partial charge in [0.2, 0.25) is 11.8 Å². The molecule has 2 heterocycles. The van der Waals surface area contributed by atoms with Crippen molar-refractivity contribution in [3.8, 4) is 0 Å². The summed E-state index contributed by atoms with van der Waals surface area (Å²) in [6.07, 6.45) is -0.729. The number of aliphatic hydroxyl groups excluding tert-OH is 1. The molecule has 0 spiro atoms. The number of carbonyl (C=O) groups excluding carboxylic acids is 2. The molecule has 0 bridgehead atoms. The van der Waals surface area contributed by atoms with Crippen molar-refractivity contribution < 1.29 is 23.6 Å². The highest BCUT2D eigenvalue weighted by molar-refractivity contribution is 6.30. The maximum atomic E-state index is 13.8. The number of likely N-dealkylation sites (tertiary alicyclic amines) is 1. The molecule has 1 aromatic carbocycles. The Morgan fingerprint density at radius 1 is 1.44 bits per heavy atom. The van der Waals surface area contributed by atoms with E-state index in [-0.39, 0.29) is 42.4 Å². The third kappa shape index (κ3) is 4.64. The van der Waals surface area contributed by atoms with E-state index < -0.39 is 23.9 Å². The van der Waals surface area contributed by atoms with E-state index in [1.165, 1.54) is 17.0 Å². The highest BCUT2D eigenvalue weighted by atomic mass is 35.5. The maximum Gasteiger partial charge on any atom is 0.243 e. The van der Waals surface area contributed by atoms with Gasteiger partial charge in [0.05, 0.1) is 18.2 Å². The standard InChI is InChI=1S/C18H19ClFN3O4/c1-10-4-14(27-22-10)7-17(25)23-9-13(24)6-16(23)18(26)21-8-11-2-3-12(19)5-15(11)20/h2-5,13,16,24H,6-9H2,1H3,(H,21,26)/t13-,16+/m1/s1. The minimum Gasteiger partial charge on any atom is -0.391 e. The van der Waals surface area contributed by atoms with Crippen molar-refractivity contribution in [2.45, 2.75) is 38.5 Å². The lowest BCUT2D eigenvalue weighted by Gasteiger charge is -2.23. The van der Waals surface area contributed by atoms with E-state index >= 15 is 0 Å². The summed E-state index contributed by atoms with van der Waals surface area (Å²) in [5, 5.41) is 16.5. The largest absolute Gasteiger partial charge is 0.391 e. The molecule has 2 N–H and O–H groups in total. The highest BCUT2D eigenvalue weighted by Gasteiger charge is 2.38. The fourth-order valence-corrected chi connectivity index (χ4v) is 3.21. The fraction of sp³-hybridized carbons (Fsp3) is 0.389. The van der Waals surface area contributed by atoms with E-state index in [1.54, 1.807) is 13.0 Å². The van der Waals surface area contributed by atoms with Crippen LogP contribution in [-0.4, -0.2) is 45.7 Å². The summed E-state index contributed by atoms with van der Waals surface area (Å²) < 4.78 is 18.9. The fourth-order valence-electron chi connectivity index (χ4n) is 3.05. The molecule has 0 aliphatic carbocycles. The lowest BCUT2D eigenvalue weighted by molar-refractivity contribution is -0.138. The number of nitrogens with zero attached hydrogens (tertiary/aromatic N) is 2. The number of rotatable bonds is 5. The normalized spacial score (nSPS) is 19.3. The molecule has 2 atom stereocenters. The molecule has 144 valence electrons. The Labute approximate surface area is 160 Å². The molecule has 1 fully saturated rings. The summed E-state index contributed by atoms with van der Waals surface area (Å²) in [6, 6.07) is 4.99. The van der Waals surface area contributed by atoms with Gasteiger partial charge in [0.25, 0.3) is 0 Å². The summed E-state index contributed by atoms with van der Waals surface area (Å²) in [5.74, 6) is -0.937. The Kier molecular flexibility index (Phi) is 5.76. The van der Waals surface area contributed by atoms with Crippen molar-refractivity contribution in [2.24, 2.45) is 0 Å². The number of benzene rings is 1. The van der Waals surface area contributed by atoms with E-state index in [1.807, 2.05) is 0 Å². The van der Waals surface area contributed by atoms with Gasteiger partial charge in [-0.05, 0) is 19.1 Å². The van der Waals surface area contributed by atoms with Gasteiger partial charge in [-0.1, -0.05) is 22.8 Å². The smallest absolute Gasteiger partial charge is 0.243 e. The second-order valence-electron chi connectivity index (χ2n) is 6.52. The Morgan fingerprint density at radius 2 is 2.22 bits per heavy atom. The van der Waals surface area contributed by atoms with Gasteiger partial charge in [-0.3, -0.25) is 9.59 Å². The van der Waals surface area contributed by atoms with Crippen molar-refractivity contribution >= 4 is 23.4 Å². The zero-order valence-corrected chi connectivity index (χ0v) is 15.4. The SMILES string of the molecule is Cc1cc(CC(=O)N2C[C@H](O)C[C@H]2C(=O)NCc2ccc(Cl)cc2F)on1. The van der Waals surface area contributed by atoms with Crippen LogP contribution in [0.15, 0.2) is 28.8 Å². The Morgan fingerprint density at radius 3 is 2.89 bits per heavy atom. The molecule has 1 aromatic heterocycles. The zero-order chi connectivity index (χ0) is 19.6. The van der Waals surface area contributed by atoms with E-state index in [4.69, 9.17) is 16.1 Å². The molecule has 9 heteroatoms. The molecule has 0 unspecified atom stereocenters. The van der Waals surface area contributed by atoms with E-state index in [0.29, 0.717) is 11.5 Å². The Bertz CT molecular complexity index is 857. The quantitative estimate of drug-likeness (QED) is 0.801. The number of halogens is 2. The van der Waals surface area contributed by atoms with Crippen LogP contribution in [0.25, 0.3) is 0 Å². The van der Waals surface area contributed by atoms with Crippen LogP contribution >= 0.6 is 11.6 Å². The number of hydrogen-bond donors (Lipinski definition) is 2. The number of β-amino-alcohol motifs (C(OH)–C–C–N with tert-alkyl or cyclic N) is 1. The molecule has 0 radical (unpaired) electrons. The number of aromatic nitrogens is 1. The third-order valence-corrected chi connectivity index (χ3v) is 4.61. The van der Waals surface area contributed by atoms with E-state index in [9.17, 15) is 19.1 Å². The van der Waals surface area contributed by atoms with Crippen LogP contribution < -0.4 is 5.32 Å². The summed E-state index contributed by atoms with van der Waals surface area (Å²) in [5.41, 5.74) is 0.930. The minimum atomic E-state index is -0.827. The number of amides is 2. The number of aliphatic hydroxyl groups is 1. The van der Waals surface area contributed by atoms with Gasteiger partial charge >= 0.3 is 0 Å². The molecule has 2 aromatic rings. The lowest BCUT2D eigenvalue weighted by Crippen LogP contribution is -2.46. The summed E-state index contributed by atoms with van der Waals surface area (Å²) in [6.45, 7) is 1.75. The van der Waals surface area contributed by atoms with Crippen LogP contribution in [0.5, 0.6) is 0 Å². The van der Waals surface area contributed by atoms with Gasteiger partial charge in [-0.15, -0.1) is 0 Å². The van der Waals surface area contributed by atoms with Crippen LogP contribution in [0.4, 0.5) is 4.39 Å². The highest BCUT2D eigenvalue weighted by Crippen LogP contribution is 2.20.